The topological polar surface area (TPSA) is 132 Å². The summed E-state index contributed by atoms with van der Waals surface area (Å²) >= 11 is 0. The van der Waals surface area contributed by atoms with Crippen molar-refractivity contribution < 1.29 is 24.1 Å². The van der Waals surface area contributed by atoms with Gasteiger partial charge in [0, 0.05) is 12.1 Å². The number of hydrogen-bond donors (Lipinski definition) is 1. The summed E-state index contributed by atoms with van der Waals surface area (Å²) in [7, 11) is 1.46. The van der Waals surface area contributed by atoms with Crippen LogP contribution in [0.4, 0.5) is 17.1 Å². The maximum atomic E-state index is 12.2. The smallest absolute Gasteiger partial charge is 0.362 e. The highest BCUT2D eigenvalue weighted by atomic mass is 16.7. The molecule has 0 radical (unpaired) electrons. The standard InChI is InChI=1S/C21H16N4O6/c1-30-19-5-3-2-4-18(19)20(26)23-22-15-8-10-16(11-9-15)24-31-21(27)14-6-12-17(13-7-14)25(28)29/h2-13,24H,1H3. The van der Waals surface area contributed by atoms with Gasteiger partial charge in [-0.05, 0) is 48.5 Å². The van der Waals surface area contributed by atoms with Crippen molar-refractivity contribution >= 4 is 28.9 Å². The van der Waals surface area contributed by atoms with E-state index in [1.807, 2.05) is 0 Å². The minimum absolute atomic E-state index is 0.126. The first-order chi connectivity index (χ1) is 15.0. The van der Waals surface area contributed by atoms with Crippen molar-refractivity contribution in [3.05, 3.63) is 94.0 Å². The lowest BCUT2D eigenvalue weighted by atomic mass is 10.2. The molecule has 0 unspecified atom stereocenters. The molecule has 10 nitrogen and oxygen atoms in total. The Morgan fingerprint density at radius 1 is 0.968 bits per heavy atom. The third-order valence-corrected chi connectivity index (χ3v) is 4.04. The van der Waals surface area contributed by atoms with Crippen molar-refractivity contribution in [3.63, 3.8) is 0 Å². The highest BCUT2D eigenvalue weighted by Crippen LogP contribution is 2.21. The molecule has 1 N–H and O–H groups in total. The second-order valence-corrected chi connectivity index (χ2v) is 6.05. The van der Waals surface area contributed by atoms with E-state index in [0.717, 1.165) is 0 Å². The van der Waals surface area contributed by atoms with E-state index >= 15 is 0 Å². The Morgan fingerprint density at radius 3 is 2.29 bits per heavy atom. The SMILES string of the molecule is COc1ccccc1C(=O)N=Nc1ccc(NOC(=O)c2ccc([N+](=O)[O-])cc2)cc1. The quantitative estimate of drug-likeness (QED) is 0.332. The fourth-order valence-electron chi connectivity index (χ4n) is 2.46. The van der Waals surface area contributed by atoms with Gasteiger partial charge in [-0.1, -0.05) is 12.1 Å². The molecule has 0 saturated carbocycles. The van der Waals surface area contributed by atoms with E-state index in [1.54, 1.807) is 48.5 Å². The van der Waals surface area contributed by atoms with E-state index in [9.17, 15) is 19.7 Å². The van der Waals surface area contributed by atoms with Crippen LogP contribution in [-0.4, -0.2) is 23.9 Å². The molecule has 0 fully saturated rings. The van der Waals surface area contributed by atoms with E-state index in [-0.39, 0.29) is 11.3 Å². The van der Waals surface area contributed by atoms with Gasteiger partial charge in [0.1, 0.15) is 5.75 Å². The van der Waals surface area contributed by atoms with Crippen LogP contribution < -0.4 is 10.2 Å². The van der Waals surface area contributed by atoms with Crippen LogP contribution in [0.1, 0.15) is 20.7 Å². The molecule has 0 bridgehead atoms. The number of nitrogens with one attached hydrogen (secondary N) is 1. The fourth-order valence-corrected chi connectivity index (χ4v) is 2.46. The Labute approximate surface area is 176 Å². The van der Waals surface area contributed by atoms with Crippen molar-refractivity contribution in [2.45, 2.75) is 0 Å². The minimum Gasteiger partial charge on any atom is -0.496 e. The van der Waals surface area contributed by atoms with Crippen LogP contribution in [0, 0.1) is 10.1 Å². The molecule has 0 aliphatic rings. The Morgan fingerprint density at radius 2 is 1.65 bits per heavy atom. The number of ether oxygens (including phenoxy) is 1. The molecule has 0 aromatic heterocycles. The highest BCUT2D eigenvalue weighted by molar-refractivity contribution is 5.97. The van der Waals surface area contributed by atoms with Gasteiger partial charge in [-0.2, -0.15) is 0 Å². The molecule has 31 heavy (non-hydrogen) atoms. The van der Waals surface area contributed by atoms with Gasteiger partial charge in [0.15, 0.2) is 0 Å². The summed E-state index contributed by atoms with van der Waals surface area (Å²) in [4.78, 5) is 39.2. The van der Waals surface area contributed by atoms with Gasteiger partial charge in [0.2, 0.25) is 0 Å². The molecule has 0 heterocycles. The average molecular weight is 420 g/mol. The number of nitro benzene ring substituents is 1. The van der Waals surface area contributed by atoms with Gasteiger partial charge in [0.25, 0.3) is 11.6 Å². The Balaban J connectivity index is 1.57. The number of para-hydroxylation sites is 1. The zero-order chi connectivity index (χ0) is 22.2. The number of anilines is 1. The Hall–Kier alpha value is -4.60. The summed E-state index contributed by atoms with van der Waals surface area (Å²) in [5.74, 6) is -0.849. The number of nitrogens with zero attached hydrogens (tertiary/aromatic N) is 3. The van der Waals surface area contributed by atoms with Crippen LogP contribution in [-0.2, 0) is 4.84 Å². The van der Waals surface area contributed by atoms with Crippen molar-refractivity contribution in [2.24, 2.45) is 10.2 Å². The maximum Gasteiger partial charge on any atom is 0.362 e. The van der Waals surface area contributed by atoms with Crippen molar-refractivity contribution in [2.75, 3.05) is 12.6 Å². The van der Waals surface area contributed by atoms with Gasteiger partial charge in [-0.15, -0.1) is 10.2 Å². The number of amides is 1. The number of hydrogen-bond acceptors (Lipinski definition) is 8. The number of non-ortho nitro benzene ring substituents is 1. The van der Waals surface area contributed by atoms with Crippen LogP contribution in [0.25, 0.3) is 0 Å². The lowest BCUT2D eigenvalue weighted by molar-refractivity contribution is -0.384. The van der Waals surface area contributed by atoms with E-state index in [1.165, 1.54) is 31.4 Å². The first-order valence-electron chi connectivity index (χ1n) is 8.88. The second-order valence-electron chi connectivity index (χ2n) is 6.05. The van der Waals surface area contributed by atoms with Crippen LogP contribution in [0.5, 0.6) is 5.75 Å². The summed E-state index contributed by atoms with van der Waals surface area (Å²) in [6.45, 7) is 0. The molecule has 10 heteroatoms. The average Bonchev–Trinajstić information content (AvgIpc) is 2.81. The molecule has 156 valence electrons. The molecule has 0 saturated heterocycles. The first-order valence-corrected chi connectivity index (χ1v) is 8.88. The van der Waals surface area contributed by atoms with E-state index in [2.05, 4.69) is 15.7 Å². The summed E-state index contributed by atoms with van der Waals surface area (Å²) < 4.78 is 5.13. The molecule has 0 aliphatic heterocycles. The normalized spacial score (nSPS) is 10.5. The predicted molar refractivity (Wildman–Crippen MR) is 110 cm³/mol. The van der Waals surface area contributed by atoms with Gasteiger partial charge in [0.05, 0.1) is 34.5 Å². The highest BCUT2D eigenvalue weighted by Gasteiger charge is 2.12. The first kappa shape index (κ1) is 21.1. The maximum absolute atomic E-state index is 12.2. The molecule has 0 atom stereocenters. The summed E-state index contributed by atoms with van der Waals surface area (Å²) in [5.41, 5.74) is 3.66. The number of rotatable bonds is 7. The molecule has 3 rings (SSSR count). The molecule has 3 aromatic rings. The summed E-state index contributed by atoms with van der Waals surface area (Å²) in [5, 5.41) is 18.2. The minimum atomic E-state index is -0.707. The van der Waals surface area contributed by atoms with Crippen LogP contribution in [0.15, 0.2) is 83.0 Å². The lowest BCUT2D eigenvalue weighted by Crippen LogP contribution is -2.10. The molecular formula is C21H16N4O6. The molecule has 0 spiro atoms. The number of methoxy groups -OCH3 is 1. The van der Waals surface area contributed by atoms with E-state index < -0.39 is 16.8 Å². The third kappa shape index (κ3) is 5.48. The number of nitro groups is 1. The summed E-state index contributed by atoms with van der Waals surface area (Å²) in [6.07, 6.45) is 0. The third-order valence-electron chi connectivity index (χ3n) is 4.04. The van der Waals surface area contributed by atoms with Gasteiger partial charge in [-0.25, -0.2) is 10.3 Å². The van der Waals surface area contributed by atoms with Gasteiger partial charge < -0.3 is 9.57 Å². The molecule has 0 aliphatic carbocycles. The van der Waals surface area contributed by atoms with Crippen LogP contribution in [0.3, 0.4) is 0 Å². The molecular weight excluding hydrogens is 404 g/mol. The van der Waals surface area contributed by atoms with Gasteiger partial charge >= 0.3 is 5.97 Å². The van der Waals surface area contributed by atoms with Crippen molar-refractivity contribution in [3.8, 4) is 5.75 Å². The van der Waals surface area contributed by atoms with Crippen LogP contribution in [0.2, 0.25) is 0 Å². The van der Waals surface area contributed by atoms with E-state index in [4.69, 9.17) is 9.57 Å². The van der Waals surface area contributed by atoms with Crippen LogP contribution >= 0.6 is 0 Å². The van der Waals surface area contributed by atoms with Crippen molar-refractivity contribution in [1.82, 2.24) is 0 Å². The predicted octanol–water partition coefficient (Wildman–Crippen LogP) is 4.71. The molecule has 3 aromatic carbocycles. The lowest BCUT2D eigenvalue weighted by Gasteiger charge is -2.07. The van der Waals surface area contributed by atoms with Gasteiger partial charge in [-0.3, -0.25) is 14.9 Å². The van der Waals surface area contributed by atoms with Crippen molar-refractivity contribution in [1.29, 1.82) is 0 Å². The zero-order valence-electron chi connectivity index (χ0n) is 16.2. The molecule has 1 amide bonds. The monoisotopic (exact) mass is 420 g/mol. The number of carbonyl (C=O) groups is 2. The number of azo groups is 1. The Bertz CT molecular complexity index is 1130. The summed E-state index contributed by atoms with van der Waals surface area (Å²) in [6, 6.07) is 18.0. The largest absolute Gasteiger partial charge is 0.496 e. The Kier molecular flexibility index (Phi) is 6.64. The fraction of sp³-hybridized carbons (Fsp3) is 0.0476. The van der Waals surface area contributed by atoms with E-state index in [0.29, 0.717) is 22.7 Å². The second kappa shape index (κ2) is 9.74. The zero-order valence-corrected chi connectivity index (χ0v) is 16.2. The number of benzene rings is 3. The number of carbonyl (C=O) groups excluding carboxylic acids is 2.